The summed E-state index contributed by atoms with van der Waals surface area (Å²) in [7, 11) is 0. The highest BCUT2D eigenvalue weighted by molar-refractivity contribution is 9.10. The number of nitriles is 1. The second-order valence-corrected chi connectivity index (χ2v) is 6.65. The summed E-state index contributed by atoms with van der Waals surface area (Å²) >= 11 is 3.64. The molecule has 25 heavy (non-hydrogen) atoms. The number of aromatic nitrogens is 2. The summed E-state index contributed by atoms with van der Waals surface area (Å²) in [4.78, 5) is 4.83. The molecule has 0 aliphatic carbocycles. The lowest BCUT2D eigenvalue weighted by Gasteiger charge is -2.11. The van der Waals surface area contributed by atoms with Crippen LogP contribution in [0.5, 0.6) is 0 Å². The van der Waals surface area contributed by atoms with Gasteiger partial charge < -0.3 is 4.57 Å². The fourth-order valence-electron chi connectivity index (χ4n) is 2.95. The van der Waals surface area contributed by atoms with Crippen LogP contribution in [0.3, 0.4) is 0 Å². The maximum absolute atomic E-state index is 9.02. The lowest BCUT2D eigenvalue weighted by atomic mass is 10.1. The molecule has 0 saturated carbocycles. The van der Waals surface area contributed by atoms with E-state index in [1.165, 1.54) is 5.56 Å². The highest BCUT2D eigenvalue weighted by Gasteiger charge is 2.13. The van der Waals surface area contributed by atoms with Crippen molar-refractivity contribution in [3.63, 3.8) is 0 Å². The predicted molar refractivity (Wildman–Crippen MR) is 103 cm³/mol. The number of hydrogen-bond donors (Lipinski definition) is 0. The van der Waals surface area contributed by atoms with Crippen molar-refractivity contribution in [3.05, 3.63) is 88.4 Å². The lowest BCUT2D eigenvalue weighted by molar-refractivity contribution is 0.831. The minimum atomic E-state index is 0.650. The number of para-hydroxylation sites is 2. The minimum absolute atomic E-state index is 0.650. The van der Waals surface area contributed by atoms with Gasteiger partial charge >= 0.3 is 0 Å². The monoisotopic (exact) mass is 387 g/mol. The Hall–Kier alpha value is -2.90. The number of fused-ring (bicyclic) bond motifs is 1. The van der Waals surface area contributed by atoms with E-state index in [1.807, 2.05) is 54.6 Å². The molecule has 0 unspecified atom stereocenters. The molecule has 3 nitrogen and oxygen atoms in total. The molecule has 3 aromatic carbocycles. The van der Waals surface area contributed by atoms with Crippen molar-refractivity contribution in [2.75, 3.05) is 0 Å². The van der Waals surface area contributed by atoms with E-state index in [-0.39, 0.29) is 0 Å². The molecule has 0 fully saturated rings. The Morgan fingerprint density at radius 2 is 1.64 bits per heavy atom. The van der Waals surface area contributed by atoms with Gasteiger partial charge in [-0.05, 0) is 48.0 Å². The maximum atomic E-state index is 9.02. The van der Waals surface area contributed by atoms with Gasteiger partial charge in [-0.15, -0.1) is 0 Å². The molecule has 0 bridgehead atoms. The third kappa shape index (κ3) is 2.95. The van der Waals surface area contributed by atoms with Crippen LogP contribution in [0.2, 0.25) is 0 Å². The van der Waals surface area contributed by atoms with E-state index in [2.05, 4.69) is 44.8 Å². The van der Waals surface area contributed by atoms with E-state index in [4.69, 9.17) is 10.2 Å². The van der Waals surface area contributed by atoms with Gasteiger partial charge in [0.2, 0.25) is 0 Å². The Morgan fingerprint density at radius 1 is 0.920 bits per heavy atom. The molecule has 0 N–H and O–H groups in total. The van der Waals surface area contributed by atoms with Gasteiger partial charge in [0.1, 0.15) is 5.82 Å². The second kappa shape index (κ2) is 6.54. The van der Waals surface area contributed by atoms with Gasteiger partial charge in [0.25, 0.3) is 0 Å². The van der Waals surface area contributed by atoms with Crippen molar-refractivity contribution >= 4 is 27.0 Å². The third-order valence-corrected chi connectivity index (χ3v) is 4.99. The van der Waals surface area contributed by atoms with Crippen LogP contribution in [0, 0.1) is 11.3 Å². The first-order valence-electron chi connectivity index (χ1n) is 7.95. The molecule has 4 rings (SSSR count). The van der Waals surface area contributed by atoms with Gasteiger partial charge in [-0.2, -0.15) is 5.26 Å². The molecule has 1 heterocycles. The molecule has 0 saturated heterocycles. The first-order valence-corrected chi connectivity index (χ1v) is 8.75. The number of hydrogen-bond acceptors (Lipinski definition) is 2. The highest BCUT2D eigenvalue weighted by atomic mass is 79.9. The normalized spacial score (nSPS) is 10.7. The van der Waals surface area contributed by atoms with Crippen LogP contribution in [-0.2, 0) is 6.54 Å². The molecule has 4 heteroatoms. The average Bonchev–Trinajstić information content (AvgIpc) is 3.02. The summed E-state index contributed by atoms with van der Waals surface area (Å²) in [5.41, 5.74) is 4.91. The van der Waals surface area contributed by atoms with Crippen molar-refractivity contribution in [2.24, 2.45) is 0 Å². The second-order valence-electron chi connectivity index (χ2n) is 5.79. The molecule has 0 radical (unpaired) electrons. The van der Waals surface area contributed by atoms with Gasteiger partial charge in [-0.3, -0.25) is 0 Å². The molecular formula is C21H14BrN3. The van der Waals surface area contributed by atoms with E-state index in [0.717, 1.165) is 33.4 Å². The van der Waals surface area contributed by atoms with Crippen LogP contribution >= 0.6 is 15.9 Å². The number of rotatable bonds is 3. The Balaban J connectivity index is 1.89. The molecule has 1 aromatic heterocycles. The summed E-state index contributed by atoms with van der Waals surface area (Å²) in [5.74, 6) is 0.904. The van der Waals surface area contributed by atoms with Crippen LogP contribution in [0.15, 0.2) is 77.3 Å². The Labute approximate surface area is 154 Å². The first-order chi connectivity index (χ1) is 12.3. The standard InChI is InChI=1S/C21H14BrN3/c22-18-6-2-1-5-17(18)14-25-20-8-4-3-7-19(20)24-21(25)16-11-9-15(13-23)10-12-16/h1-12H,14H2. The lowest BCUT2D eigenvalue weighted by Crippen LogP contribution is -2.03. The average molecular weight is 388 g/mol. The molecular weight excluding hydrogens is 374 g/mol. The first kappa shape index (κ1) is 15.6. The molecule has 0 atom stereocenters. The van der Waals surface area contributed by atoms with Gasteiger partial charge in [0.15, 0.2) is 0 Å². The molecule has 0 aliphatic rings. The smallest absolute Gasteiger partial charge is 0.141 e. The molecule has 0 spiro atoms. The van der Waals surface area contributed by atoms with Crippen LogP contribution < -0.4 is 0 Å². The van der Waals surface area contributed by atoms with E-state index in [1.54, 1.807) is 0 Å². The van der Waals surface area contributed by atoms with Crippen molar-refractivity contribution < 1.29 is 0 Å². The van der Waals surface area contributed by atoms with Gasteiger partial charge in [-0.1, -0.05) is 46.3 Å². The van der Waals surface area contributed by atoms with E-state index >= 15 is 0 Å². The van der Waals surface area contributed by atoms with Gasteiger partial charge in [-0.25, -0.2) is 4.98 Å². The number of nitrogens with zero attached hydrogens (tertiary/aromatic N) is 3. The highest BCUT2D eigenvalue weighted by Crippen LogP contribution is 2.27. The zero-order valence-corrected chi connectivity index (χ0v) is 14.9. The quantitative estimate of drug-likeness (QED) is 0.473. The molecule has 120 valence electrons. The SMILES string of the molecule is N#Cc1ccc(-c2nc3ccccc3n2Cc2ccccc2Br)cc1. The zero-order chi connectivity index (χ0) is 17.2. The summed E-state index contributed by atoms with van der Waals surface area (Å²) in [6.07, 6.45) is 0. The zero-order valence-electron chi connectivity index (χ0n) is 13.4. The maximum Gasteiger partial charge on any atom is 0.141 e. The predicted octanol–water partition coefficient (Wildman–Crippen LogP) is 5.39. The Kier molecular flexibility index (Phi) is 4.09. The minimum Gasteiger partial charge on any atom is -0.319 e. The van der Waals surface area contributed by atoms with Gasteiger partial charge in [0, 0.05) is 10.0 Å². The van der Waals surface area contributed by atoms with Crippen LogP contribution in [0.4, 0.5) is 0 Å². The largest absolute Gasteiger partial charge is 0.319 e. The van der Waals surface area contributed by atoms with Crippen molar-refractivity contribution in [1.82, 2.24) is 9.55 Å². The number of benzene rings is 3. The van der Waals surface area contributed by atoms with Crippen molar-refractivity contribution in [3.8, 4) is 17.5 Å². The van der Waals surface area contributed by atoms with Crippen LogP contribution in [-0.4, -0.2) is 9.55 Å². The summed E-state index contributed by atoms with van der Waals surface area (Å²) < 4.78 is 3.30. The fourth-order valence-corrected chi connectivity index (χ4v) is 3.36. The third-order valence-electron chi connectivity index (χ3n) is 4.21. The molecule has 0 aliphatic heterocycles. The summed E-state index contributed by atoms with van der Waals surface area (Å²) in [6.45, 7) is 0.720. The number of imidazole rings is 1. The summed E-state index contributed by atoms with van der Waals surface area (Å²) in [5, 5.41) is 9.02. The topological polar surface area (TPSA) is 41.6 Å². The molecule has 4 aromatic rings. The Bertz CT molecular complexity index is 1090. The van der Waals surface area contributed by atoms with E-state index < -0.39 is 0 Å². The molecule has 0 amide bonds. The van der Waals surface area contributed by atoms with E-state index in [0.29, 0.717) is 5.56 Å². The van der Waals surface area contributed by atoms with Crippen molar-refractivity contribution in [2.45, 2.75) is 6.54 Å². The summed E-state index contributed by atoms with van der Waals surface area (Å²) in [6, 6.07) is 26.1. The fraction of sp³-hybridized carbons (Fsp3) is 0.0476. The van der Waals surface area contributed by atoms with Crippen LogP contribution in [0.1, 0.15) is 11.1 Å². The van der Waals surface area contributed by atoms with E-state index in [9.17, 15) is 0 Å². The van der Waals surface area contributed by atoms with Gasteiger partial charge in [0.05, 0.1) is 29.2 Å². The number of halogens is 1. The van der Waals surface area contributed by atoms with Crippen molar-refractivity contribution in [1.29, 1.82) is 5.26 Å². The Morgan fingerprint density at radius 3 is 2.40 bits per heavy atom. The van der Waals surface area contributed by atoms with Crippen LogP contribution in [0.25, 0.3) is 22.4 Å².